The maximum atomic E-state index is 5.21. The van der Waals surface area contributed by atoms with Gasteiger partial charge in [-0.1, -0.05) is 53.1 Å². The van der Waals surface area contributed by atoms with Gasteiger partial charge in [0.25, 0.3) is 0 Å². The van der Waals surface area contributed by atoms with Crippen LogP contribution in [0, 0.1) is 0 Å². The Bertz CT molecular complexity index is 494. The molecule has 0 saturated heterocycles. The molecule has 0 aliphatic rings. The van der Waals surface area contributed by atoms with E-state index in [0.29, 0.717) is 11.8 Å². The Kier molecular flexibility index (Phi) is 3.94. The van der Waals surface area contributed by atoms with Crippen molar-refractivity contribution in [1.82, 2.24) is 10.1 Å². The average molecular weight is 295 g/mol. The molecule has 0 bridgehead atoms. The molecule has 4 heteroatoms. The molecule has 90 valence electrons. The van der Waals surface area contributed by atoms with E-state index in [1.807, 2.05) is 18.2 Å². The van der Waals surface area contributed by atoms with Crippen molar-refractivity contribution in [1.29, 1.82) is 0 Å². The lowest BCUT2D eigenvalue weighted by Crippen LogP contribution is -1.94. The monoisotopic (exact) mass is 294 g/mol. The van der Waals surface area contributed by atoms with Crippen molar-refractivity contribution in [2.24, 2.45) is 0 Å². The predicted molar refractivity (Wildman–Crippen MR) is 69.9 cm³/mol. The number of hydrogen-bond donors (Lipinski definition) is 0. The molecule has 0 aliphatic heterocycles. The quantitative estimate of drug-likeness (QED) is 0.862. The second kappa shape index (κ2) is 5.45. The van der Waals surface area contributed by atoms with Crippen molar-refractivity contribution < 1.29 is 4.52 Å². The number of aromatic nitrogens is 2. The molecule has 17 heavy (non-hydrogen) atoms. The fraction of sp³-hybridized carbons (Fsp3) is 0.385. The maximum Gasteiger partial charge on any atom is 0.226 e. The summed E-state index contributed by atoms with van der Waals surface area (Å²) in [6.07, 6.45) is 1.68. The SMILES string of the molecule is CC(C)c1noc(CCc2ccccc2Br)n1. The van der Waals surface area contributed by atoms with Crippen LogP contribution in [-0.2, 0) is 12.8 Å². The Balaban J connectivity index is 2.00. The third-order valence-electron chi connectivity index (χ3n) is 2.57. The zero-order chi connectivity index (χ0) is 12.3. The topological polar surface area (TPSA) is 38.9 Å². The number of rotatable bonds is 4. The standard InChI is InChI=1S/C13H15BrN2O/c1-9(2)13-15-12(17-16-13)8-7-10-5-3-4-6-11(10)14/h3-6,9H,7-8H2,1-2H3. The van der Waals surface area contributed by atoms with Crippen LogP contribution in [0.5, 0.6) is 0 Å². The molecule has 1 heterocycles. The highest BCUT2D eigenvalue weighted by molar-refractivity contribution is 9.10. The first-order valence-corrected chi connectivity index (χ1v) is 6.52. The summed E-state index contributed by atoms with van der Waals surface area (Å²) in [7, 11) is 0. The molecule has 0 amide bonds. The first kappa shape index (κ1) is 12.3. The van der Waals surface area contributed by atoms with Crippen molar-refractivity contribution in [3.63, 3.8) is 0 Å². The van der Waals surface area contributed by atoms with Crippen LogP contribution in [0.3, 0.4) is 0 Å². The van der Waals surface area contributed by atoms with Crippen LogP contribution in [-0.4, -0.2) is 10.1 Å². The lowest BCUT2D eigenvalue weighted by Gasteiger charge is -2.00. The van der Waals surface area contributed by atoms with E-state index < -0.39 is 0 Å². The molecule has 1 aromatic heterocycles. The molecule has 2 rings (SSSR count). The van der Waals surface area contributed by atoms with Gasteiger partial charge in [-0.05, 0) is 18.1 Å². The zero-order valence-electron chi connectivity index (χ0n) is 9.98. The highest BCUT2D eigenvalue weighted by Crippen LogP contribution is 2.18. The van der Waals surface area contributed by atoms with Gasteiger partial charge in [0.05, 0.1) is 0 Å². The van der Waals surface area contributed by atoms with Gasteiger partial charge in [-0.3, -0.25) is 0 Å². The highest BCUT2D eigenvalue weighted by Gasteiger charge is 2.09. The molecule has 2 aromatic rings. The molecule has 0 aliphatic carbocycles. The summed E-state index contributed by atoms with van der Waals surface area (Å²) in [6.45, 7) is 4.12. The number of nitrogens with zero attached hydrogens (tertiary/aromatic N) is 2. The van der Waals surface area contributed by atoms with Crippen LogP contribution < -0.4 is 0 Å². The first-order chi connectivity index (χ1) is 8.16. The van der Waals surface area contributed by atoms with Crippen molar-refractivity contribution in [3.05, 3.63) is 46.0 Å². The van der Waals surface area contributed by atoms with E-state index in [2.05, 4.69) is 46.0 Å². The normalized spacial score (nSPS) is 11.1. The van der Waals surface area contributed by atoms with E-state index in [9.17, 15) is 0 Å². The Morgan fingerprint density at radius 2 is 2.00 bits per heavy atom. The van der Waals surface area contributed by atoms with Gasteiger partial charge < -0.3 is 4.52 Å². The molecule has 0 spiro atoms. The number of hydrogen-bond acceptors (Lipinski definition) is 3. The number of benzene rings is 1. The maximum absolute atomic E-state index is 5.21. The summed E-state index contributed by atoms with van der Waals surface area (Å²) in [5.74, 6) is 1.81. The molecule has 1 aromatic carbocycles. The van der Waals surface area contributed by atoms with Gasteiger partial charge in [0.1, 0.15) is 0 Å². The van der Waals surface area contributed by atoms with Crippen molar-refractivity contribution >= 4 is 15.9 Å². The minimum absolute atomic E-state index is 0.316. The van der Waals surface area contributed by atoms with E-state index in [1.54, 1.807) is 0 Å². The number of aryl methyl sites for hydroxylation is 2. The summed E-state index contributed by atoms with van der Waals surface area (Å²) in [5.41, 5.74) is 1.26. The largest absolute Gasteiger partial charge is 0.339 e. The third-order valence-corrected chi connectivity index (χ3v) is 3.34. The Labute approximate surface area is 109 Å². The van der Waals surface area contributed by atoms with Gasteiger partial charge in [0.15, 0.2) is 5.82 Å². The minimum Gasteiger partial charge on any atom is -0.339 e. The second-order valence-electron chi connectivity index (χ2n) is 4.29. The van der Waals surface area contributed by atoms with Gasteiger partial charge >= 0.3 is 0 Å². The Morgan fingerprint density at radius 1 is 1.24 bits per heavy atom. The molecule has 0 saturated carbocycles. The van der Waals surface area contributed by atoms with E-state index in [4.69, 9.17) is 4.52 Å². The molecular weight excluding hydrogens is 280 g/mol. The second-order valence-corrected chi connectivity index (χ2v) is 5.15. The average Bonchev–Trinajstić information content (AvgIpc) is 2.77. The Hall–Kier alpha value is -1.16. The van der Waals surface area contributed by atoms with Crippen molar-refractivity contribution in [3.8, 4) is 0 Å². The lowest BCUT2D eigenvalue weighted by molar-refractivity contribution is 0.371. The smallest absolute Gasteiger partial charge is 0.226 e. The summed E-state index contributed by atoms with van der Waals surface area (Å²) in [6, 6.07) is 8.19. The molecule has 0 atom stereocenters. The van der Waals surface area contributed by atoms with Gasteiger partial charge in [-0.15, -0.1) is 0 Å². The summed E-state index contributed by atoms with van der Waals surface area (Å²) in [4.78, 5) is 4.36. The molecule has 0 N–H and O–H groups in total. The van der Waals surface area contributed by atoms with Crippen molar-refractivity contribution in [2.75, 3.05) is 0 Å². The highest BCUT2D eigenvalue weighted by atomic mass is 79.9. The van der Waals surface area contributed by atoms with E-state index in [0.717, 1.165) is 23.1 Å². The third kappa shape index (κ3) is 3.16. The van der Waals surface area contributed by atoms with Crippen LogP contribution in [0.4, 0.5) is 0 Å². The Morgan fingerprint density at radius 3 is 2.65 bits per heavy atom. The summed E-state index contributed by atoms with van der Waals surface area (Å²) in [5, 5.41) is 3.95. The zero-order valence-corrected chi connectivity index (χ0v) is 11.6. The van der Waals surface area contributed by atoms with E-state index in [-0.39, 0.29) is 0 Å². The predicted octanol–water partition coefficient (Wildman–Crippen LogP) is 3.74. The van der Waals surface area contributed by atoms with Crippen LogP contribution in [0.25, 0.3) is 0 Å². The number of halogens is 1. The first-order valence-electron chi connectivity index (χ1n) is 5.72. The molecular formula is C13H15BrN2O. The van der Waals surface area contributed by atoms with Gasteiger partial charge in [0, 0.05) is 16.8 Å². The van der Waals surface area contributed by atoms with Gasteiger partial charge in [-0.25, -0.2) is 0 Å². The molecule has 0 fully saturated rings. The summed E-state index contributed by atoms with van der Waals surface area (Å²) >= 11 is 3.53. The lowest BCUT2D eigenvalue weighted by atomic mass is 10.1. The van der Waals surface area contributed by atoms with E-state index >= 15 is 0 Å². The minimum atomic E-state index is 0.316. The van der Waals surface area contributed by atoms with Gasteiger partial charge in [-0.2, -0.15) is 4.98 Å². The molecule has 0 radical (unpaired) electrons. The van der Waals surface area contributed by atoms with Crippen LogP contribution in [0.2, 0.25) is 0 Å². The fourth-order valence-electron chi connectivity index (χ4n) is 1.55. The molecule has 3 nitrogen and oxygen atoms in total. The fourth-order valence-corrected chi connectivity index (χ4v) is 2.03. The summed E-state index contributed by atoms with van der Waals surface area (Å²) < 4.78 is 6.34. The van der Waals surface area contributed by atoms with Crippen molar-refractivity contribution in [2.45, 2.75) is 32.6 Å². The van der Waals surface area contributed by atoms with Gasteiger partial charge in [0.2, 0.25) is 5.89 Å². The van der Waals surface area contributed by atoms with Crippen LogP contribution in [0.15, 0.2) is 33.3 Å². The van der Waals surface area contributed by atoms with Crippen LogP contribution in [0.1, 0.15) is 37.0 Å². The van der Waals surface area contributed by atoms with Crippen LogP contribution >= 0.6 is 15.9 Å². The van der Waals surface area contributed by atoms with E-state index in [1.165, 1.54) is 5.56 Å². The molecule has 0 unspecified atom stereocenters.